The van der Waals surface area contributed by atoms with Crippen LogP contribution in [0.15, 0.2) is 18.5 Å². The van der Waals surface area contributed by atoms with Crippen LogP contribution in [-0.4, -0.2) is 16.0 Å². The van der Waals surface area contributed by atoms with E-state index in [0.29, 0.717) is 11.5 Å². The summed E-state index contributed by atoms with van der Waals surface area (Å²) < 4.78 is 0. The van der Waals surface area contributed by atoms with E-state index >= 15 is 0 Å². The molecule has 1 heterocycles. The fraction of sp³-hybridized carbons (Fsp3) is 0.667. The SMILES string of the molecule is CC(CCC(C)(C)C)Nc1ncccn1. The smallest absolute Gasteiger partial charge is 0.222 e. The van der Waals surface area contributed by atoms with Gasteiger partial charge in [0.25, 0.3) is 0 Å². The Labute approximate surface area is 92.3 Å². The lowest BCUT2D eigenvalue weighted by Gasteiger charge is -2.21. The van der Waals surface area contributed by atoms with E-state index < -0.39 is 0 Å². The quantitative estimate of drug-likeness (QED) is 0.824. The van der Waals surface area contributed by atoms with Gasteiger partial charge >= 0.3 is 0 Å². The summed E-state index contributed by atoms with van der Waals surface area (Å²) in [5.74, 6) is 0.721. The van der Waals surface area contributed by atoms with Gasteiger partial charge in [0.2, 0.25) is 5.95 Å². The maximum Gasteiger partial charge on any atom is 0.222 e. The second kappa shape index (κ2) is 5.10. The van der Waals surface area contributed by atoms with E-state index in [4.69, 9.17) is 0 Å². The molecule has 0 fully saturated rings. The first-order chi connectivity index (χ1) is 6.97. The van der Waals surface area contributed by atoms with E-state index in [9.17, 15) is 0 Å². The molecular weight excluding hydrogens is 186 g/mol. The maximum atomic E-state index is 4.14. The Kier molecular flexibility index (Phi) is 4.06. The highest BCUT2D eigenvalue weighted by Gasteiger charge is 2.12. The lowest BCUT2D eigenvalue weighted by Crippen LogP contribution is -2.19. The highest BCUT2D eigenvalue weighted by atomic mass is 15.1. The van der Waals surface area contributed by atoms with Crippen LogP contribution in [0.3, 0.4) is 0 Å². The number of nitrogens with zero attached hydrogens (tertiary/aromatic N) is 2. The van der Waals surface area contributed by atoms with Gasteiger partial charge in [-0.15, -0.1) is 0 Å². The molecule has 1 aromatic rings. The second-order valence-electron chi connectivity index (χ2n) is 5.22. The first-order valence-electron chi connectivity index (χ1n) is 5.51. The summed E-state index contributed by atoms with van der Waals surface area (Å²) in [6.07, 6.45) is 5.85. The molecule has 0 aliphatic rings. The number of aromatic nitrogens is 2. The van der Waals surface area contributed by atoms with Gasteiger partial charge in [0.05, 0.1) is 0 Å². The second-order valence-corrected chi connectivity index (χ2v) is 5.22. The average Bonchev–Trinajstić information content (AvgIpc) is 2.15. The van der Waals surface area contributed by atoms with E-state index in [1.165, 1.54) is 6.42 Å². The fourth-order valence-electron chi connectivity index (χ4n) is 1.32. The summed E-state index contributed by atoms with van der Waals surface area (Å²) in [4.78, 5) is 8.28. The van der Waals surface area contributed by atoms with Crippen molar-refractivity contribution in [2.45, 2.75) is 46.6 Å². The van der Waals surface area contributed by atoms with Crippen molar-refractivity contribution in [1.29, 1.82) is 0 Å². The molecule has 1 unspecified atom stereocenters. The molecule has 0 bridgehead atoms. The standard InChI is InChI=1S/C12H21N3/c1-10(6-7-12(2,3)4)15-11-13-8-5-9-14-11/h5,8-10H,6-7H2,1-4H3,(H,13,14,15). The third-order valence-corrected chi connectivity index (χ3v) is 2.27. The molecule has 0 aliphatic heterocycles. The van der Waals surface area contributed by atoms with Crippen LogP contribution in [0, 0.1) is 5.41 Å². The van der Waals surface area contributed by atoms with Crippen molar-refractivity contribution >= 4 is 5.95 Å². The predicted molar refractivity (Wildman–Crippen MR) is 63.8 cm³/mol. The van der Waals surface area contributed by atoms with E-state index in [-0.39, 0.29) is 0 Å². The number of rotatable bonds is 4. The van der Waals surface area contributed by atoms with Crippen LogP contribution in [0.5, 0.6) is 0 Å². The van der Waals surface area contributed by atoms with Gasteiger partial charge in [-0.05, 0) is 31.2 Å². The van der Waals surface area contributed by atoms with E-state index in [1.807, 2.05) is 6.07 Å². The molecular formula is C12H21N3. The number of nitrogens with one attached hydrogen (secondary N) is 1. The minimum absolute atomic E-state index is 0.396. The molecule has 84 valence electrons. The van der Waals surface area contributed by atoms with Crippen LogP contribution in [0.4, 0.5) is 5.95 Å². The number of hydrogen-bond donors (Lipinski definition) is 1. The van der Waals surface area contributed by atoms with Crippen molar-refractivity contribution in [2.24, 2.45) is 5.41 Å². The van der Waals surface area contributed by atoms with Crippen LogP contribution < -0.4 is 5.32 Å². The largest absolute Gasteiger partial charge is 0.352 e. The molecule has 0 saturated carbocycles. The predicted octanol–water partition coefficient (Wildman–Crippen LogP) is 3.10. The summed E-state index contributed by atoms with van der Waals surface area (Å²) in [5.41, 5.74) is 0.396. The molecule has 0 spiro atoms. The molecule has 0 radical (unpaired) electrons. The summed E-state index contributed by atoms with van der Waals surface area (Å²) in [5, 5.41) is 3.29. The molecule has 1 N–H and O–H groups in total. The lowest BCUT2D eigenvalue weighted by molar-refractivity contribution is 0.356. The summed E-state index contributed by atoms with van der Waals surface area (Å²) >= 11 is 0. The van der Waals surface area contributed by atoms with Crippen molar-refractivity contribution in [2.75, 3.05) is 5.32 Å². The van der Waals surface area contributed by atoms with Gasteiger partial charge in [-0.3, -0.25) is 0 Å². The Morgan fingerprint density at radius 1 is 1.27 bits per heavy atom. The third-order valence-electron chi connectivity index (χ3n) is 2.27. The van der Waals surface area contributed by atoms with Gasteiger partial charge < -0.3 is 5.32 Å². The van der Waals surface area contributed by atoms with Crippen molar-refractivity contribution in [1.82, 2.24) is 9.97 Å². The zero-order valence-corrected chi connectivity index (χ0v) is 10.1. The number of anilines is 1. The monoisotopic (exact) mass is 207 g/mol. The van der Waals surface area contributed by atoms with Crippen molar-refractivity contribution in [3.63, 3.8) is 0 Å². The Morgan fingerprint density at radius 2 is 1.87 bits per heavy atom. The van der Waals surface area contributed by atoms with Crippen LogP contribution >= 0.6 is 0 Å². The minimum Gasteiger partial charge on any atom is -0.352 e. The molecule has 1 aromatic heterocycles. The van der Waals surface area contributed by atoms with Gasteiger partial charge in [-0.25, -0.2) is 9.97 Å². The third kappa shape index (κ3) is 5.35. The molecule has 0 saturated heterocycles. The molecule has 0 aromatic carbocycles. The average molecular weight is 207 g/mol. The van der Waals surface area contributed by atoms with Gasteiger partial charge in [0.1, 0.15) is 0 Å². The molecule has 1 atom stereocenters. The summed E-state index contributed by atoms with van der Waals surface area (Å²) in [6, 6.07) is 2.25. The van der Waals surface area contributed by atoms with Gasteiger partial charge in [0, 0.05) is 18.4 Å². The zero-order valence-electron chi connectivity index (χ0n) is 10.1. The Balaban J connectivity index is 2.34. The summed E-state index contributed by atoms with van der Waals surface area (Å²) in [7, 11) is 0. The van der Waals surface area contributed by atoms with Crippen LogP contribution in [0.1, 0.15) is 40.5 Å². The normalized spacial score (nSPS) is 13.6. The van der Waals surface area contributed by atoms with Crippen LogP contribution in [0.2, 0.25) is 0 Å². The minimum atomic E-state index is 0.396. The molecule has 15 heavy (non-hydrogen) atoms. The van der Waals surface area contributed by atoms with E-state index in [0.717, 1.165) is 12.4 Å². The first kappa shape index (κ1) is 12.0. The fourth-order valence-corrected chi connectivity index (χ4v) is 1.32. The molecule has 0 aliphatic carbocycles. The topological polar surface area (TPSA) is 37.8 Å². The maximum absolute atomic E-state index is 4.14. The molecule has 1 rings (SSSR count). The number of hydrogen-bond acceptors (Lipinski definition) is 3. The Morgan fingerprint density at radius 3 is 2.40 bits per heavy atom. The van der Waals surface area contributed by atoms with E-state index in [2.05, 4.69) is 43.0 Å². The van der Waals surface area contributed by atoms with Crippen LogP contribution in [-0.2, 0) is 0 Å². The highest BCUT2D eigenvalue weighted by molar-refractivity contribution is 5.23. The highest BCUT2D eigenvalue weighted by Crippen LogP contribution is 2.22. The molecule has 0 amide bonds. The summed E-state index contributed by atoms with van der Waals surface area (Å²) in [6.45, 7) is 8.96. The lowest BCUT2D eigenvalue weighted by atomic mass is 9.89. The Hall–Kier alpha value is -1.12. The van der Waals surface area contributed by atoms with Crippen molar-refractivity contribution in [3.8, 4) is 0 Å². The molecule has 3 nitrogen and oxygen atoms in total. The first-order valence-corrected chi connectivity index (χ1v) is 5.51. The van der Waals surface area contributed by atoms with Crippen LogP contribution in [0.25, 0.3) is 0 Å². The van der Waals surface area contributed by atoms with Gasteiger partial charge in [-0.1, -0.05) is 20.8 Å². The Bertz CT molecular complexity index is 277. The molecule has 3 heteroatoms. The van der Waals surface area contributed by atoms with Crippen molar-refractivity contribution < 1.29 is 0 Å². The van der Waals surface area contributed by atoms with E-state index in [1.54, 1.807) is 12.4 Å². The van der Waals surface area contributed by atoms with Gasteiger partial charge in [0.15, 0.2) is 0 Å². The van der Waals surface area contributed by atoms with Gasteiger partial charge in [-0.2, -0.15) is 0 Å². The van der Waals surface area contributed by atoms with Crippen molar-refractivity contribution in [3.05, 3.63) is 18.5 Å². The zero-order chi connectivity index (χ0) is 11.3.